The number of carbonyl (C=O) groups excluding carboxylic acids is 1. The summed E-state index contributed by atoms with van der Waals surface area (Å²) in [6.07, 6.45) is 9.09. The van der Waals surface area contributed by atoms with E-state index in [0.29, 0.717) is 30.8 Å². The fourth-order valence-corrected chi connectivity index (χ4v) is 4.65. The normalized spacial score (nSPS) is 24.1. The lowest BCUT2D eigenvalue weighted by atomic mass is 9.81. The number of halogens is 1. The molecule has 2 aromatic rings. The maximum Gasteiger partial charge on any atom is 0.274 e. The molecule has 0 unspecified atom stereocenters. The molecule has 0 radical (unpaired) electrons. The third kappa shape index (κ3) is 3.18. The molecule has 1 saturated heterocycles. The molecular weight excluding hydrogens is 385 g/mol. The second-order valence-corrected chi connectivity index (χ2v) is 8.14. The smallest absolute Gasteiger partial charge is 0.274 e. The summed E-state index contributed by atoms with van der Waals surface area (Å²) in [4.78, 5) is 31.2. The topological polar surface area (TPSA) is 78.9 Å². The number of rotatable bonds is 3. The van der Waals surface area contributed by atoms with Crippen LogP contribution in [-0.2, 0) is 4.79 Å². The van der Waals surface area contributed by atoms with E-state index >= 15 is 0 Å². The Morgan fingerprint density at radius 3 is 2.90 bits per heavy atom. The number of pyridine rings is 1. The van der Waals surface area contributed by atoms with E-state index in [1.54, 1.807) is 18.5 Å². The van der Waals surface area contributed by atoms with E-state index in [1.807, 2.05) is 0 Å². The zero-order valence-electron chi connectivity index (χ0n) is 16.3. The highest BCUT2D eigenvalue weighted by molar-refractivity contribution is 5.83. The minimum Gasteiger partial charge on any atom is -0.360 e. The molecule has 1 amide bonds. The molecule has 2 fully saturated rings. The predicted octanol–water partition coefficient (Wildman–Crippen LogP) is 3.13. The first-order valence-corrected chi connectivity index (χ1v) is 10.00. The Kier molecular flexibility index (Phi) is 4.42. The summed E-state index contributed by atoms with van der Waals surface area (Å²) >= 11 is 0. The lowest BCUT2D eigenvalue weighted by Gasteiger charge is -2.40. The molecule has 5 rings (SSSR count). The summed E-state index contributed by atoms with van der Waals surface area (Å²) in [7, 11) is 0. The molecule has 4 heterocycles. The molecule has 2 aromatic heterocycles. The summed E-state index contributed by atoms with van der Waals surface area (Å²) in [5, 5.41) is 5.86. The van der Waals surface area contributed by atoms with Gasteiger partial charge in [-0.25, -0.2) is 9.40 Å². The highest BCUT2D eigenvalue weighted by Gasteiger charge is 2.56. The Morgan fingerprint density at radius 1 is 1.27 bits per heavy atom. The van der Waals surface area contributed by atoms with Crippen LogP contribution >= 0.6 is 0 Å². The first-order chi connectivity index (χ1) is 14.6. The molecular formula is C21H20FN7O. The summed E-state index contributed by atoms with van der Waals surface area (Å²) in [6, 6.07) is 2.81. The number of aromatic nitrogens is 3. The van der Waals surface area contributed by atoms with Crippen molar-refractivity contribution in [3.05, 3.63) is 53.7 Å². The van der Waals surface area contributed by atoms with Gasteiger partial charge in [-0.1, -0.05) is 6.57 Å². The number of piperidine rings is 1. The molecule has 8 nitrogen and oxygen atoms in total. The van der Waals surface area contributed by atoms with Crippen molar-refractivity contribution < 1.29 is 9.18 Å². The Hall–Kier alpha value is -3.41. The standard InChI is InChI=1S/C21H20FN7O/c1-23-18-9-19(26-13-25-18)28-7-3-16(21(12-28)4-5-21)20(30)29-17(2-6-27-29)14-8-15(22)11-24-10-14/h6,8-11,13,16-17H,2-5,7,12H2/t16-,17-/m0/s1. The molecule has 0 aromatic carbocycles. The van der Waals surface area contributed by atoms with Gasteiger partial charge in [0.15, 0.2) is 0 Å². The van der Waals surface area contributed by atoms with Gasteiger partial charge in [0.05, 0.1) is 12.2 Å². The van der Waals surface area contributed by atoms with Crippen LogP contribution in [0, 0.1) is 23.7 Å². The van der Waals surface area contributed by atoms with Gasteiger partial charge in [0.25, 0.3) is 5.82 Å². The number of nitrogens with zero attached hydrogens (tertiary/aromatic N) is 7. The SMILES string of the molecule is [C-]#[N+]c1cc(N2CC[C@@H](C(=O)N3N=CC[C@H]3c3cncc(F)c3)C3(CC3)C2)ncn1. The van der Waals surface area contributed by atoms with Crippen LogP contribution in [0.4, 0.5) is 16.0 Å². The lowest BCUT2D eigenvalue weighted by molar-refractivity contribution is -0.140. The van der Waals surface area contributed by atoms with Crippen LogP contribution in [0.25, 0.3) is 4.85 Å². The second kappa shape index (κ2) is 7.13. The highest BCUT2D eigenvalue weighted by Crippen LogP contribution is 2.57. The van der Waals surface area contributed by atoms with Gasteiger partial charge >= 0.3 is 0 Å². The van der Waals surface area contributed by atoms with Crippen molar-refractivity contribution in [1.82, 2.24) is 20.0 Å². The van der Waals surface area contributed by atoms with Gasteiger partial charge in [0.1, 0.15) is 11.6 Å². The van der Waals surface area contributed by atoms with E-state index in [1.165, 1.54) is 17.4 Å². The van der Waals surface area contributed by atoms with Crippen LogP contribution in [0.2, 0.25) is 0 Å². The number of hydrogen-bond acceptors (Lipinski definition) is 6. The van der Waals surface area contributed by atoms with E-state index in [-0.39, 0.29) is 23.3 Å². The molecule has 2 atom stereocenters. The predicted molar refractivity (Wildman–Crippen MR) is 107 cm³/mol. The van der Waals surface area contributed by atoms with E-state index in [9.17, 15) is 9.18 Å². The van der Waals surface area contributed by atoms with Crippen LogP contribution in [0.5, 0.6) is 0 Å². The summed E-state index contributed by atoms with van der Waals surface area (Å²) in [5.41, 5.74) is 0.567. The number of hydrazone groups is 1. The molecule has 152 valence electrons. The number of anilines is 1. The van der Waals surface area contributed by atoms with Gasteiger partial charge in [0, 0.05) is 43.9 Å². The van der Waals surface area contributed by atoms with Crippen molar-refractivity contribution >= 4 is 23.8 Å². The molecule has 30 heavy (non-hydrogen) atoms. The van der Waals surface area contributed by atoms with Crippen molar-refractivity contribution in [2.24, 2.45) is 16.4 Å². The van der Waals surface area contributed by atoms with Crippen molar-refractivity contribution in [3.8, 4) is 0 Å². The zero-order valence-corrected chi connectivity index (χ0v) is 16.3. The Labute approximate surface area is 173 Å². The van der Waals surface area contributed by atoms with Crippen LogP contribution in [0.1, 0.15) is 37.3 Å². The molecule has 1 saturated carbocycles. The monoisotopic (exact) mass is 405 g/mol. The Bertz CT molecular complexity index is 1060. The average Bonchev–Trinajstić information content (AvgIpc) is 3.34. The zero-order chi connectivity index (χ0) is 20.7. The van der Waals surface area contributed by atoms with Crippen LogP contribution < -0.4 is 4.90 Å². The highest BCUT2D eigenvalue weighted by atomic mass is 19.1. The van der Waals surface area contributed by atoms with Crippen molar-refractivity contribution in [1.29, 1.82) is 0 Å². The number of hydrogen-bond donors (Lipinski definition) is 0. The fourth-order valence-electron chi connectivity index (χ4n) is 4.65. The summed E-state index contributed by atoms with van der Waals surface area (Å²) in [5.74, 6) is 0.509. The van der Waals surface area contributed by atoms with Crippen molar-refractivity contribution in [2.45, 2.75) is 31.7 Å². The van der Waals surface area contributed by atoms with E-state index < -0.39 is 5.82 Å². The molecule has 2 aliphatic heterocycles. The third-order valence-electron chi connectivity index (χ3n) is 6.37. The number of amides is 1. The Balaban J connectivity index is 1.35. The number of carbonyl (C=O) groups is 1. The van der Waals surface area contributed by atoms with Gasteiger partial charge in [-0.05, 0) is 36.3 Å². The van der Waals surface area contributed by atoms with Crippen LogP contribution in [0.3, 0.4) is 0 Å². The minimum atomic E-state index is -0.414. The van der Waals surface area contributed by atoms with Gasteiger partial charge in [0.2, 0.25) is 12.2 Å². The lowest BCUT2D eigenvalue weighted by Crippen LogP contribution is -2.48. The van der Waals surface area contributed by atoms with E-state index in [2.05, 4.69) is 29.8 Å². The summed E-state index contributed by atoms with van der Waals surface area (Å²) < 4.78 is 13.7. The molecule has 1 spiro atoms. The maximum atomic E-state index is 13.7. The van der Waals surface area contributed by atoms with E-state index in [4.69, 9.17) is 6.57 Å². The quantitative estimate of drug-likeness (QED) is 0.733. The van der Waals surface area contributed by atoms with Crippen molar-refractivity contribution in [3.63, 3.8) is 0 Å². The van der Waals surface area contributed by atoms with Crippen molar-refractivity contribution in [2.75, 3.05) is 18.0 Å². The fraction of sp³-hybridized carbons (Fsp3) is 0.429. The summed E-state index contributed by atoms with van der Waals surface area (Å²) in [6.45, 7) is 8.56. The first kappa shape index (κ1) is 18.6. The minimum absolute atomic E-state index is 0.000282. The second-order valence-electron chi connectivity index (χ2n) is 8.14. The van der Waals surface area contributed by atoms with Gasteiger partial charge in [-0.15, -0.1) is 4.98 Å². The van der Waals surface area contributed by atoms with Crippen LogP contribution in [0.15, 0.2) is 36.0 Å². The maximum absolute atomic E-state index is 13.7. The molecule has 0 N–H and O–H groups in total. The van der Waals surface area contributed by atoms with Crippen LogP contribution in [-0.4, -0.2) is 45.2 Å². The average molecular weight is 405 g/mol. The first-order valence-electron chi connectivity index (χ1n) is 10.00. The molecule has 0 bridgehead atoms. The van der Waals surface area contributed by atoms with Gasteiger partial charge in [-0.3, -0.25) is 9.78 Å². The molecule has 3 aliphatic rings. The largest absolute Gasteiger partial charge is 0.360 e. The Morgan fingerprint density at radius 2 is 2.13 bits per heavy atom. The third-order valence-corrected chi connectivity index (χ3v) is 6.37. The molecule has 1 aliphatic carbocycles. The van der Waals surface area contributed by atoms with Gasteiger partial charge < -0.3 is 9.74 Å². The van der Waals surface area contributed by atoms with E-state index in [0.717, 1.165) is 31.4 Å². The van der Waals surface area contributed by atoms with Gasteiger partial charge in [-0.2, -0.15) is 10.1 Å². The molecule has 9 heteroatoms.